The van der Waals surface area contributed by atoms with Crippen molar-refractivity contribution in [2.75, 3.05) is 7.11 Å². The molecule has 5 nitrogen and oxygen atoms in total. The fourth-order valence-corrected chi connectivity index (χ4v) is 2.80. The lowest BCUT2D eigenvalue weighted by Gasteiger charge is -2.20. The Balaban J connectivity index is 2.17. The molecular weight excluding hydrogens is 278 g/mol. The van der Waals surface area contributed by atoms with Crippen molar-refractivity contribution in [2.24, 2.45) is 7.05 Å². The number of benzene rings is 1. The number of amides is 1. The first-order chi connectivity index (χ1) is 10.5. The molecule has 1 N–H and O–H groups in total. The van der Waals surface area contributed by atoms with E-state index in [9.17, 15) is 4.79 Å². The number of ether oxygens (including phenoxy) is 1. The third-order valence-electron chi connectivity index (χ3n) is 3.93. The van der Waals surface area contributed by atoms with E-state index in [0.29, 0.717) is 0 Å². The van der Waals surface area contributed by atoms with E-state index in [1.807, 2.05) is 62.8 Å². The Bertz CT molecular complexity index is 649. The molecule has 5 heteroatoms. The summed E-state index contributed by atoms with van der Waals surface area (Å²) >= 11 is 0. The predicted molar refractivity (Wildman–Crippen MR) is 85.4 cm³/mol. The van der Waals surface area contributed by atoms with E-state index < -0.39 is 6.10 Å². The largest absolute Gasteiger partial charge is 0.367 e. The highest BCUT2D eigenvalue weighted by Crippen LogP contribution is 2.23. The van der Waals surface area contributed by atoms with Gasteiger partial charge in [0.2, 0.25) is 0 Å². The Labute approximate surface area is 131 Å². The lowest BCUT2D eigenvalue weighted by atomic mass is 10.0. The van der Waals surface area contributed by atoms with Crippen molar-refractivity contribution < 1.29 is 9.53 Å². The Morgan fingerprint density at radius 3 is 2.41 bits per heavy atom. The van der Waals surface area contributed by atoms with Gasteiger partial charge in [-0.2, -0.15) is 5.10 Å². The Hall–Kier alpha value is -2.14. The van der Waals surface area contributed by atoms with Crippen LogP contribution in [0.25, 0.3) is 0 Å². The lowest BCUT2D eigenvalue weighted by Crippen LogP contribution is -2.33. The molecule has 0 saturated heterocycles. The van der Waals surface area contributed by atoms with Crippen LogP contribution in [0.1, 0.15) is 41.6 Å². The van der Waals surface area contributed by atoms with Gasteiger partial charge in [-0.15, -0.1) is 0 Å². The number of rotatable bonds is 5. The summed E-state index contributed by atoms with van der Waals surface area (Å²) in [5, 5.41) is 7.42. The standard InChI is InChI=1S/C17H23N3O2/c1-11(15-12(2)19-20(4)13(15)3)18-17(21)16(22-5)14-9-7-6-8-10-14/h6-11,16H,1-5H3,(H,18,21)/t11-,16+/m0/s1. The smallest absolute Gasteiger partial charge is 0.254 e. The summed E-state index contributed by atoms with van der Waals surface area (Å²) in [6, 6.07) is 9.36. The summed E-state index contributed by atoms with van der Waals surface area (Å²) in [7, 11) is 3.45. The fraction of sp³-hybridized carbons (Fsp3) is 0.412. The van der Waals surface area contributed by atoms with Crippen molar-refractivity contribution in [2.45, 2.75) is 32.9 Å². The normalized spacial score (nSPS) is 13.7. The molecule has 0 radical (unpaired) electrons. The summed E-state index contributed by atoms with van der Waals surface area (Å²) in [5.41, 5.74) is 3.88. The number of hydrogen-bond acceptors (Lipinski definition) is 3. The highest BCUT2D eigenvalue weighted by atomic mass is 16.5. The molecule has 0 fully saturated rings. The van der Waals surface area contributed by atoms with Crippen LogP contribution in [0.3, 0.4) is 0 Å². The molecule has 1 heterocycles. The zero-order valence-corrected chi connectivity index (χ0v) is 13.8. The Kier molecular flexibility index (Phi) is 4.98. The number of methoxy groups -OCH3 is 1. The molecule has 1 aromatic heterocycles. The maximum Gasteiger partial charge on any atom is 0.254 e. The molecule has 0 aliphatic heterocycles. The molecular formula is C17H23N3O2. The summed E-state index contributed by atoms with van der Waals surface area (Å²) in [6.07, 6.45) is -0.610. The Morgan fingerprint density at radius 2 is 1.91 bits per heavy atom. The average molecular weight is 301 g/mol. The number of carbonyl (C=O) groups is 1. The first-order valence-corrected chi connectivity index (χ1v) is 7.34. The molecule has 0 aliphatic carbocycles. The molecule has 0 unspecified atom stereocenters. The molecule has 1 amide bonds. The highest BCUT2D eigenvalue weighted by Gasteiger charge is 2.24. The minimum atomic E-state index is -0.610. The lowest BCUT2D eigenvalue weighted by molar-refractivity contribution is -0.132. The maximum absolute atomic E-state index is 12.5. The van der Waals surface area contributed by atoms with Gasteiger partial charge in [0, 0.05) is 25.4 Å². The van der Waals surface area contributed by atoms with Crippen LogP contribution in [0, 0.1) is 13.8 Å². The molecule has 118 valence electrons. The molecule has 0 bridgehead atoms. The van der Waals surface area contributed by atoms with Crippen molar-refractivity contribution in [1.29, 1.82) is 0 Å². The van der Waals surface area contributed by atoms with Crippen molar-refractivity contribution in [3.05, 3.63) is 52.8 Å². The van der Waals surface area contributed by atoms with Crippen LogP contribution in [-0.4, -0.2) is 22.8 Å². The first-order valence-electron chi connectivity index (χ1n) is 7.34. The monoisotopic (exact) mass is 301 g/mol. The van der Waals surface area contributed by atoms with E-state index in [-0.39, 0.29) is 11.9 Å². The number of nitrogens with one attached hydrogen (secondary N) is 1. The summed E-state index contributed by atoms with van der Waals surface area (Å²) in [5.74, 6) is -0.149. The van der Waals surface area contributed by atoms with Gasteiger partial charge in [0.05, 0.1) is 11.7 Å². The minimum absolute atomic E-state index is 0.123. The van der Waals surface area contributed by atoms with E-state index in [2.05, 4.69) is 10.4 Å². The van der Waals surface area contributed by atoms with Crippen LogP contribution in [0.4, 0.5) is 0 Å². The zero-order chi connectivity index (χ0) is 16.3. The van der Waals surface area contributed by atoms with Gasteiger partial charge in [-0.25, -0.2) is 0 Å². The van der Waals surface area contributed by atoms with Crippen molar-refractivity contribution in [1.82, 2.24) is 15.1 Å². The van der Waals surface area contributed by atoms with Gasteiger partial charge in [-0.3, -0.25) is 9.48 Å². The van der Waals surface area contributed by atoms with Crippen LogP contribution in [-0.2, 0) is 16.6 Å². The quantitative estimate of drug-likeness (QED) is 0.923. The van der Waals surface area contributed by atoms with E-state index in [4.69, 9.17) is 4.74 Å². The van der Waals surface area contributed by atoms with Gasteiger partial charge < -0.3 is 10.1 Å². The van der Waals surface area contributed by atoms with Crippen LogP contribution < -0.4 is 5.32 Å². The summed E-state index contributed by atoms with van der Waals surface area (Å²) < 4.78 is 7.20. The van der Waals surface area contributed by atoms with Crippen molar-refractivity contribution in [3.63, 3.8) is 0 Å². The van der Waals surface area contributed by atoms with Gasteiger partial charge >= 0.3 is 0 Å². The predicted octanol–water partition coefficient (Wildman–Crippen LogP) is 2.60. The van der Waals surface area contributed by atoms with Crippen molar-refractivity contribution in [3.8, 4) is 0 Å². The van der Waals surface area contributed by atoms with Crippen LogP contribution in [0.15, 0.2) is 30.3 Å². The van der Waals surface area contributed by atoms with E-state index >= 15 is 0 Å². The van der Waals surface area contributed by atoms with Crippen LogP contribution in [0.5, 0.6) is 0 Å². The topological polar surface area (TPSA) is 56.1 Å². The molecule has 0 spiro atoms. The summed E-state index contributed by atoms with van der Waals surface area (Å²) in [6.45, 7) is 5.92. The van der Waals surface area contributed by atoms with Gasteiger partial charge in [-0.1, -0.05) is 30.3 Å². The molecule has 0 aliphatic rings. The third-order valence-corrected chi connectivity index (χ3v) is 3.93. The maximum atomic E-state index is 12.5. The van der Waals surface area contributed by atoms with Crippen LogP contribution >= 0.6 is 0 Å². The number of hydrogen-bond donors (Lipinski definition) is 1. The molecule has 22 heavy (non-hydrogen) atoms. The first kappa shape index (κ1) is 16.2. The molecule has 2 aromatic rings. The Morgan fingerprint density at radius 1 is 1.27 bits per heavy atom. The average Bonchev–Trinajstić information content (AvgIpc) is 2.74. The van der Waals surface area contributed by atoms with Gasteiger partial charge in [0.1, 0.15) is 0 Å². The number of aryl methyl sites for hydroxylation is 2. The van der Waals surface area contributed by atoms with Gasteiger partial charge in [-0.05, 0) is 26.3 Å². The van der Waals surface area contributed by atoms with Gasteiger partial charge in [0.15, 0.2) is 6.10 Å². The van der Waals surface area contributed by atoms with Gasteiger partial charge in [0.25, 0.3) is 5.91 Å². The summed E-state index contributed by atoms with van der Waals surface area (Å²) in [4.78, 5) is 12.5. The SMILES string of the molecule is CO[C@@H](C(=O)N[C@@H](C)c1c(C)nn(C)c1C)c1ccccc1. The highest BCUT2D eigenvalue weighted by molar-refractivity contribution is 5.82. The third kappa shape index (κ3) is 3.20. The second-order valence-corrected chi connectivity index (χ2v) is 5.46. The van der Waals surface area contributed by atoms with E-state index in [1.165, 1.54) is 0 Å². The van der Waals surface area contributed by atoms with E-state index in [0.717, 1.165) is 22.5 Å². The second kappa shape index (κ2) is 6.75. The van der Waals surface area contributed by atoms with E-state index in [1.54, 1.807) is 7.11 Å². The number of nitrogens with zero attached hydrogens (tertiary/aromatic N) is 2. The molecule has 2 rings (SSSR count). The minimum Gasteiger partial charge on any atom is -0.367 e. The van der Waals surface area contributed by atoms with Crippen molar-refractivity contribution >= 4 is 5.91 Å². The number of aromatic nitrogens is 2. The zero-order valence-electron chi connectivity index (χ0n) is 13.8. The molecule has 2 atom stereocenters. The van der Waals surface area contributed by atoms with Crippen LogP contribution in [0.2, 0.25) is 0 Å². The molecule has 1 aromatic carbocycles. The molecule has 0 saturated carbocycles. The number of carbonyl (C=O) groups excluding carboxylic acids is 1. The second-order valence-electron chi connectivity index (χ2n) is 5.46. The fourth-order valence-electron chi connectivity index (χ4n) is 2.80.